The second-order valence-corrected chi connectivity index (χ2v) is 10.7. The molecule has 0 bridgehead atoms. The van der Waals surface area contributed by atoms with Crippen LogP contribution in [0, 0.1) is 0 Å². The zero-order chi connectivity index (χ0) is 52.5. The van der Waals surface area contributed by atoms with Gasteiger partial charge in [0.15, 0.2) is 0 Å². The molecule has 10 rings (SSSR count). The highest BCUT2D eigenvalue weighted by atomic mass is 15.2. The predicted molar refractivity (Wildman–Crippen MR) is 201 cm³/mol. The summed E-state index contributed by atoms with van der Waals surface area (Å²) < 4.78 is 215. The van der Waals surface area contributed by atoms with E-state index in [2.05, 4.69) is 0 Å². The van der Waals surface area contributed by atoms with Gasteiger partial charge in [-0.25, -0.2) is 4.98 Å². The van der Waals surface area contributed by atoms with Crippen LogP contribution in [-0.2, 0) is 0 Å². The highest BCUT2D eigenvalue weighted by Crippen LogP contribution is 2.44. The Hall–Kier alpha value is -6.33. The molecule has 0 saturated carbocycles. The van der Waals surface area contributed by atoms with E-state index >= 15 is 0 Å². The maximum Gasteiger partial charge on any atom is 0.252 e. The van der Waals surface area contributed by atoms with Crippen molar-refractivity contribution in [3.63, 3.8) is 0 Å². The normalized spacial score (nSPS) is 19.5. The van der Waals surface area contributed by atoms with Crippen LogP contribution < -0.4 is 26.2 Å². The van der Waals surface area contributed by atoms with Crippen LogP contribution in [0.2, 0.25) is 0 Å². The van der Waals surface area contributed by atoms with Crippen LogP contribution in [0.25, 0.3) is 28.1 Å². The lowest BCUT2D eigenvalue weighted by Gasteiger charge is -2.41. The number of hydrogen-bond acceptors (Lipinski definition) is 3. The molecule has 0 fully saturated rings. The van der Waals surface area contributed by atoms with Crippen molar-refractivity contribution in [1.82, 2.24) is 9.55 Å². The van der Waals surface area contributed by atoms with Crippen molar-refractivity contribution >= 4 is 68.3 Å². The average Bonchev–Trinajstić information content (AvgIpc) is 3.75. The molecular formula is C43H29BN4. The van der Waals surface area contributed by atoms with E-state index in [4.69, 9.17) is 26.9 Å². The summed E-state index contributed by atoms with van der Waals surface area (Å²) in [5.41, 5.74) is -3.54. The number of benzene rings is 7. The fraction of sp³-hybridized carbons (Fsp3) is 0. The largest absolute Gasteiger partial charge is 0.311 e. The van der Waals surface area contributed by atoms with E-state index in [1.807, 2.05) is 0 Å². The molecule has 0 saturated heterocycles. The Morgan fingerprint density at radius 2 is 1.17 bits per heavy atom. The number of rotatable bonds is 5. The minimum absolute atomic E-state index is 0.0109. The van der Waals surface area contributed by atoms with Gasteiger partial charge in [0, 0.05) is 39.7 Å². The predicted octanol–water partition coefficient (Wildman–Crippen LogP) is 8.78. The number of aromatic nitrogens is 2. The lowest BCUT2D eigenvalue weighted by atomic mass is 9.34. The second-order valence-electron chi connectivity index (χ2n) is 10.7. The molecule has 1 aromatic heterocycles. The van der Waals surface area contributed by atoms with Crippen LogP contribution >= 0.6 is 0 Å². The summed E-state index contributed by atoms with van der Waals surface area (Å²) in [6, 6.07) is -12.9. The zero-order valence-electron chi connectivity index (χ0n) is 48.3. The standard InChI is InChI=1S/C43H29BN4/c1-5-16-30(17-6-1)43-45-37-26-15-25-36-42(37)48(43)40-29-34(46(31-18-7-2-8-19-31)32-20-9-3-10-21-32)28-39-41(40)44(36)35-24-13-14-27-38(35)47(39)33-22-11-4-12-23-33/h1-29H/i1D,2D,3D,4D,5D,6D,7D,8D,9D,10D,11D,12D,13D,14D,16D,17D,18D,19D,20D,21D,22D,23D,24D,27D. The van der Waals surface area contributed by atoms with E-state index in [0.717, 1.165) is 9.80 Å². The van der Waals surface area contributed by atoms with Crippen molar-refractivity contribution in [3.8, 4) is 17.1 Å². The van der Waals surface area contributed by atoms with Gasteiger partial charge in [0.1, 0.15) is 5.82 Å². The number of anilines is 6. The Morgan fingerprint density at radius 3 is 1.88 bits per heavy atom. The van der Waals surface area contributed by atoms with E-state index in [1.54, 1.807) is 12.1 Å². The zero-order valence-corrected chi connectivity index (χ0v) is 24.3. The lowest BCUT2D eigenvalue weighted by molar-refractivity contribution is 1.10. The van der Waals surface area contributed by atoms with E-state index in [-0.39, 0.29) is 44.6 Å². The van der Waals surface area contributed by atoms with Crippen molar-refractivity contribution in [1.29, 1.82) is 0 Å². The summed E-state index contributed by atoms with van der Waals surface area (Å²) in [4.78, 5) is 6.59. The highest BCUT2D eigenvalue weighted by Gasteiger charge is 2.42. The van der Waals surface area contributed by atoms with Crippen LogP contribution in [0.15, 0.2) is 175 Å². The van der Waals surface area contributed by atoms with Crippen molar-refractivity contribution < 1.29 is 32.9 Å². The van der Waals surface area contributed by atoms with Gasteiger partial charge in [-0.2, -0.15) is 0 Å². The van der Waals surface area contributed by atoms with Gasteiger partial charge >= 0.3 is 0 Å². The Bertz CT molecular complexity index is 3670. The van der Waals surface area contributed by atoms with Crippen LogP contribution in [0.1, 0.15) is 32.9 Å². The molecule has 0 aliphatic carbocycles. The van der Waals surface area contributed by atoms with Crippen LogP contribution in [0.3, 0.4) is 0 Å². The number of nitrogens with zero attached hydrogens (tertiary/aromatic N) is 4. The minimum atomic E-state index is -1.31. The minimum Gasteiger partial charge on any atom is -0.311 e. The summed E-state index contributed by atoms with van der Waals surface area (Å²) in [7, 11) is 0. The first-order chi connectivity index (χ1) is 33.8. The molecule has 7 aromatic carbocycles. The van der Waals surface area contributed by atoms with Gasteiger partial charge in [-0.3, -0.25) is 4.57 Å². The quantitative estimate of drug-likeness (QED) is 0.177. The summed E-state index contributed by atoms with van der Waals surface area (Å²) in [5.74, 6) is -0.306. The fourth-order valence-corrected chi connectivity index (χ4v) is 6.50. The van der Waals surface area contributed by atoms with Crippen molar-refractivity contribution in [3.05, 3.63) is 175 Å². The first-order valence-electron chi connectivity index (χ1n) is 26.5. The number of imidazole rings is 1. The third-order valence-electron chi connectivity index (χ3n) is 8.23. The number of para-hydroxylation sites is 5. The van der Waals surface area contributed by atoms with E-state index in [9.17, 15) is 11.0 Å². The second kappa shape index (κ2) is 10.6. The molecule has 0 amide bonds. The molecule has 2 aliphatic heterocycles. The van der Waals surface area contributed by atoms with Crippen LogP contribution in [-0.4, -0.2) is 16.3 Å². The van der Waals surface area contributed by atoms with Crippen molar-refractivity contribution in [2.45, 2.75) is 0 Å². The molecule has 8 aromatic rings. The summed E-state index contributed by atoms with van der Waals surface area (Å²) in [6.07, 6.45) is 0. The summed E-state index contributed by atoms with van der Waals surface area (Å²) >= 11 is 0. The van der Waals surface area contributed by atoms with Gasteiger partial charge in [0.05, 0.1) is 49.6 Å². The smallest absolute Gasteiger partial charge is 0.252 e. The molecule has 0 unspecified atom stereocenters. The van der Waals surface area contributed by atoms with Gasteiger partial charge in [-0.15, -0.1) is 0 Å². The van der Waals surface area contributed by atoms with E-state index in [1.165, 1.54) is 22.8 Å². The first-order valence-corrected chi connectivity index (χ1v) is 14.5. The maximum absolute atomic E-state index is 9.50. The Kier molecular flexibility index (Phi) is 2.73. The van der Waals surface area contributed by atoms with E-state index < -0.39 is 186 Å². The Labute approximate surface area is 313 Å². The number of fused-ring (bicyclic) bond motifs is 4. The monoisotopic (exact) mass is 636 g/mol. The van der Waals surface area contributed by atoms with Crippen LogP contribution in [0.4, 0.5) is 34.1 Å². The first kappa shape index (κ1) is 12.4. The molecule has 0 spiro atoms. The topological polar surface area (TPSA) is 24.3 Å². The summed E-state index contributed by atoms with van der Waals surface area (Å²) in [6.45, 7) is -1.31. The molecule has 224 valence electrons. The van der Waals surface area contributed by atoms with Crippen molar-refractivity contribution in [2.24, 2.45) is 0 Å². The fourth-order valence-electron chi connectivity index (χ4n) is 6.50. The molecule has 48 heavy (non-hydrogen) atoms. The maximum atomic E-state index is 9.50. The lowest BCUT2D eigenvalue weighted by Crippen LogP contribution is -2.60. The van der Waals surface area contributed by atoms with Gasteiger partial charge < -0.3 is 9.80 Å². The highest BCUT2D eigenvalue weighted by molar-refractivity contribution is 7.00. The molecule has 5 heteroatoms. The van der Waals surface area contributed by atoms with Gasteiger partial charge in [-0.1, -0.05) is 115 Å². The Morgan fingerprint density at radius 1 is 0.562 bits per heavy atom. The molecule has 4 nitrogen and oxygen atoms in total. The third kappa shape index (κ3) is 3.94. The van der Waals surface area contributed by atoms with Gasteiger partial charge in [-0.05, 0) is 76.9 Å². The van der Waals surface area contributed by atoms with Gasteiger partial charge in [0.25, 0.3) is 6.71 Å². The molecule has 0 radical (unpaired) electrons. The molecule has 3 heterocycles. The van der Waals surface area contributed by atoms with Crippen molar-refractivity contribution in [2.75, 3.05) is 9.80 Å². The Balaban J connectivity index is 1.51. The molecule has 0 N–H and O–H groups in total. The number of hydrogen-bond donors (Lipinski definition) is 0. The van der Waals surface area contributed by atoms with E-state index in [0.29, 0.717) is 0 Å². The molecular weight excluding hydrogens is 583 g/mol. The van der Waals surface area contributed by atoms with Gasteiger partial charge in [0.2, 0.25) is 0 Å². The average molecular weight is 637 g/mol. The van der Waals surface area contributed by atoms with Crippen LogP contribution in [0.5, 0.6) is 0 Å². The molecule has 2 aliphatic rings. The third-order valence-corrected chi connectivity index (χ3v) is 8.23. The SMILES string of the molecule is [2H]c1c([2H])c([2H])c(-c2nc3cccc4c3n2-c2cc(N(c3c([2H])c([2H])c([2H])c([2H])c3[2H])c3c([2H])c([2H])c([2H])c([2H])c3[2H])cc3c2B4c2c([2H])c([2H])c([2H])c([2H])c2N3c2c([2H])c([2H])c([2H])c([2H])c2[2H])c([2H])c1[2H]. The summed E-state index contributed by atoms with van der Waals surface area (Å²) in [5, 5.41) is 0. The molecule has 0 atom stereocenters.